The van der Waals surface area contributed by atoms with Crippen molar-refractivity contribution in [2.24, 2.45) is 5.92 Å². The van der Waals surface area contributed by atoms with Crippen molar-refractivity contribution in [3.63, 3.8) is 0 Å². The summed E-state index contributed by atoms with van der Waals surface area (Å²) in [5.74, 6) is 1.18. The quantitative estimate of drug-likeness (QED) is 0.544. The third-order valence-corrected chi connectivity index (χ3v) is 3.93. The van der Waals surface area contributed by atoms with E-state index in [1.54, 1.807) is 6.92 Å². The van der Waals surface area contributed by atoms with Crippen molar-refractivity contribution in [3.05, 3.63) is 0 Å². The third-order valence-electron chi connectivity index (χ3n) is 1.31. The molecule has 0 aromatic heterocycles. The van der Waals surface area contributed by atoms with Crippen molar-refractivity contribution < 1.29 is 4.79 Å². The second-order valence-electron chi connectivity index (χ2n) is 2.99. The zero-order valence-electron chi connectivity index (χ0n) is 6.61. The lowest BCUT2D eigenvalue weighted by atomic mass is 10.3. The van der Waals surface area contributed by atoms with E-state index in [0.717, 1.165) is 11.2 Å². The van der Waals surface area contributed by atoms with E-state index >= 15 is 0 Å². The van der Waals surface area contributed by atoms with Gasteiger partial charge in [0.05, 0.1) is 0 Å². The van der Waals surface area contributed by atoms with Crippen LogP contribution in [0.1, 0.15) is 20.8 Å². The lowest BCUT2D eigenvalue weighted by Gasteiger charge is -1.98. The van der Waals surface area contributed by atoms with Crippen LogP contribution in [0.4, 0.5) is 0 Å². The maximum atomic E-state index is 10.5. The molecule has 0 radical (unpaired) electrons. The van der Waals surface area contributed by atoms with Crippen LogP contribution >= 0.6 is 0 Å². The summed E-state index contributed by atoms with van der Waals surface area (Å²) in [7, 11) is 0. The van der Waals surface area contributed by atoms with Gasteiger partial charge in [0.15, 0.2) is 0 Å². The van der Waals surface area contributed by atoms with Crippen LogP contribution in [0.3, 0.4) is 0 Å². The lowest BCUT2D eigenvalue weighted by molar-refractivity contribution is -0.114. The molecule has 0 aromatic rings. The number of ketones is 1. The van der Waals surface area contributed by atoms with Crippen LogP contribution in [0.25, 0.3) is 0 Å². The van der Waals surface area contributed by atoms with Gasteiger partial charge in [0.2, 0.25) is 15.2 Å². The molecular weight excluding hydrogens is 127 g/mol. The summed E-state index contributed by atoms with van der Waals surface area (Å²) in [5.41, 5.74) is 0. The van der Waals surface area contributed by atoms with Gasteiger partial charge in [-0.1, -0.05) is 25.0 Å². The number of rotatable bonds is 4. The number of hydrogen-bond donors (Lipinski definition) is 0. The summed E-state index contributed by atoms with van der Waals surface area (Å²) in [6.07, 6.45) is 0. The van der Waals surface area contributed by atoms with Gasteiger partial charge in [-0.3, -0.25) is 0 Å². The van der Waals surface area contributed by atoms with Crippen molar-refractivity contribution in [1.29, 1.82) is 0 Å². The molecule has 0 rings (SSSR count). The summed E-state index contributed by atoms with van der Waals surface area (Å²) in [4.78, 5) is 10.5. The maximum Gasteiger partial charge on any atom is 0.248 e. The average molecular weight is 142 g/mol. The molecule has 0 atom stereocenters. The molecule has 0 saturated carbocycles. The number of carbonyl (C=O) groups excluding carboxylic acids is 1. The Balaban J connectivity index is 3.01. The summed E-state index contributed by atoms with van der Waals surface area (Å²) in [5, 5.41) is 2.22. The van der Waals surface area contributed by atoms with E-state index in [9.17, 15) is 4.79 Å². The predicted molar refractivity (Wildman–Crippen MR) is 42.3 cm³/mol. The van der Waals surface area contributed by atoms with Crippen LogP contribution in [0.5, 0.6) is 0 Å². The molecule has 0 bridgehead atoms. The summed E-state index contributed by atoms with van der Waals surface area (Å²) in [6.45, 7) is 6.12. The maximum absolute atomic E-state index is 10.5. The highest BCUT2D eigenvalue weighted by Gasteiger charge is 1.99. The van der Waals surface area contributed by atoms with Crippen LogP contribution in [-0.2, 0) is 4.79 Å². The van der Waals surface area contributed by atoms with Gasteiger partial charge in [-0.2, -0.15) is 0 Å². The van der Waals surface area contributed by atoms with Gasteiger partial charge in [-0.15, -0.1) is 0 Å². The van der Waals surface area contributed by atoms with Gasteiger partial charge in [-0.05, 0) is 12.2 Å². The SMILES string of the molecule is CC(=O)[CH2][AlH][CH2]C(C)C. The molecule has 1 nitrogen and oxygen atoms in total. The molecule has 0 unspecified atom stereocenters. The molecule has 0 heterocycles. The van der Waals surface area contributed by atoms with E-state index < -0.39 is 0 Å². The van der Waals surface area contributed by atoms with Crippen LogP contribution in [0.2, 0.25) is 10.6 Å². The molecule has 9 heavy (non-hydrogen) atoms. The Morgan fingerprint density at radius 2 is 2.11 bits per heavy atom. The third kappa shape index (κ3) is 8.20. The highest BCUT2D eigenvalue weighted by Crippen LogP contribution is 2.00. The molecule has 0 fully saturated rings. The Morgan fingerprint density at radius 1 is 1.56 bits per heavy atom. The van der Waals surface area contributed by atoms with Gasteiger partial charge in [0.25, 0.3) is 0 Å². The first kappa shape index (κ1) is 9.20. The van der Waals surface area contributed by atoms with Crippen molar-refractivity contribution in [1.82, 2.24) is 0 Å². The summed E-state index contributed by atoms with van der Waals surface area (Å²) >= 11 is -0.0332. The largest absolute Gasteiger partial charge is 0.301 e. The highest BCUT2D eigenvalue weighted by molar-refractivity contribution is 6.41. The van der Waals surface area contributed by atoms with Gasteiger partial charge < -0.3 is 4.79 Å². The molecule has 0 amide bonds. The van der Waals surface area contributed by atoms with E-state index in [4.69, 9.17) is 0 Å². The highest BCUT2D eigenvalue weighted by atomic mass is 27.1. The minimum absolute atomic E-state index is 0.0332. The van der Waals surface area contributed by atoms with Crippen LogP contribution < -0.4 is 0 Å². The number of hydrogen-bond acceptors (Lipinski definition) is 1. The van der Waals surface area contributed by atoms with Gasteiger partial charge in [0.1, 0.15) is 5.78 Å². The van der Waals surface area contributed by atoms with Crippen molar-refractivity contribution in [2.45, 2.75) is 31.3 Å². The molecule has 0 spiro atoms. The minimum atomic E-state index is -0.0332. The Hall–Kier alpha value is 0.202. The Labute approximate surface area is 63.5 Å². The summed E-state index contributed by atoms with van der Waals surface area (Å²) in [6, 6.07) is 0. The molecule has 0 aliphatic carbocycles. The average Bonchev–Trinajstić information content (AvgIpc) is 1.63. The van der Waals surface area contributed by atoms with E-state index in [1.807, 2.05) is 0 Å². The van der Waals surface area contributed by atoms with E-state index in [1.165, 1.54) is 5.28 Å². The number of carbonyl (C=O) groups is 1. The van der Waals surface area contributed by atoms with Gasteiger partial charge >= 0.3 is 0 Å². The zero-order valence-corrected chi connectivity index (χ0v) is 8.02. The van der Waals surface area contributed by atoms with E-state index in [0.29, 0.717) is 5.78 Å². The minimum Gasteiger partial charge on any atom is -0.301 e. The second kappa shape index (κ2) is 5.02. The fourth-order valence-electron chi connectivity index (χ4n) is 0.759. The molecule has 0 N–H and O–H groups in total. The fraction of sp³-hybridized carbons (Fsp3) is 0.857. The fourth-order valence-corrected chi connectivity index (χ4v) is 2.28. The first-order valence-corrected chi connectivity index (χ1v) is 5.62. The first-order valence-electron chi connectivity index (χ1n) is 3.62. The monoisotopic (exact) mass is 142 g/mol. The van der Waals surface area contributed by atoms with Crippen molar-refractivity contribution in [2.75, 3.05) is 0 Å². The molecule has 52 valence electrons. The molecule has 2 heteroatoms. The van der Waals surface area contributed by atoms with Gasteiger partial charge in [0, 0.05) is 0 Å². The second-order valence-corrected chi connectivity index (χ2v) is 4.77. The Morgan fingerprint density at radius 3 is 2.44 bits per heavy atom. The first-order chi connectivity index (χ1) is 4.13. The predicted octanol–water partition coefficient (Wildman–Crippen LogP) is 1.50. The van der Waals surface area contributed by atoms with Crippen molar-refractivity contribution >= 4 is 21.0 Å². The molecule has 0 aliphatic rings. The molecule has 0 aliphatic heterocycles. The molecule has 0 saturated heterocycles. The standard InChI is InChI=1S/C4H9.C3H5O.Al.H/c1-4(2)3;1-3(2)4;;/h4H,1H2,2-3H3;1H2,2H3;;. The van der Waals surface area contributed by atoms with Crippen LogP contribution in [0, 0.1) is 5.92 Å². The normalized spacial score (nSPS) is 9.78. The Kier molecular flexibility index (Phi) is 5.14. The molecular formula is C7H15AlO. The number of Topliss-reactive ketones (excluding diaryl/α,β-unsaturated/α-hetero) is 1. The smallest absolute Gasteiger partial charge is 0.248 e. The topological polar surface area (TPSA) is 17.1 Å². The zero-order chi connectivity index (χ0) is 7.28. The Bertz CT molecular complexity index is 88.9. The molecule has 0 aromatic carbocycles. The summed E-state index contributed by atoms with van der Waals surface area (Å²) < 4.78 is 0. The van der Waals surface area contributed by atoms with Crippen LogP contribution in [-0.4, -0.2) is 21.0 Å². The lowest BCUT2D eigenvalue weighted by Crippen LogP contribution is -2.00. The van der Waals surface area contributed by atoms with E-state index in [-0.39, 0.29) is 15.2 Å². The van der Waals surface area contributed by atoms with E-state index in [2.05, 4.69) is 13.8 Å². The van der Waals surface area contributed by atoms with Gasteiger partial charge in [-0.25, -0.2) is 0 Å². The van der Waals surface area contributed by atoms with Crippen molar-refractivity contribution in [3.8, 4) is 0 Å². The van der Waals surface area contributed by atoms with Crippen LogP contribution in [0.15, 0.2) is 0 Å².